The van der Waals surface area contributed by atoms with Crippen molar-refractivity contribution in [1.29, 1.82) is 0 Å². The average Bonchev–Trinajstić information content (AvgIpc) is 2.72. The first-order valence-corrected chi connectivity index (χ1v) is 7.86. The van der Waals surface area contributed by atoms with Crippen LogP contribution in [0.3, 0.4) is 0 Å². The predicted molar refractivity (Wildman–Crippen MR) is 86.4 cm³/mol. The van der Waals surface area contributed by atoms with Gasteiger partial charge in [0.15, 0.2) is 0 Å². The maximum atomic E-state index is 12.4. The van der Waals surface area contributed by atoms with Crippen LogP contribution in [0.5, 0.6) is 0 Å². The van der Waals surface area contributed by atoms with E-state index in [1.54, 1.807) is 0 Å². The monoisotopic (exact) mass is 318 g/mol. The molecule has 3 rings (SSSR count). The minimum Gasteiger partial charge on any atom is -0.367 e. The number of halogens is 1. The second-order valence-corrected chi connectivity index (χ2v) is 6.55. The molecule has 5 heteroatoms. The lowest BCUT2D eigenvalue weighted by molar-refractivity contribution is -0.139. The van der Waals surface area contributed by atoms with Crippen molar-refractivity contribution >= 4 is 29.1 Å². The molecule has 1 aliphatic carbocycles. The fourth-order valence-electron chi connectivity index (χ4n) is 3.14. The number of fused-ring (bicyclic) bond motifs is 1. The number of rotatable bonds is 3. The van der Waals surface area contributed by atoms with E-state index < -0.39 is 0 Å². The highest BCUT2D eigenvalue weighted by atomic mass is 35.5. The Balaban J connectivity index is 1.72. The number of allylic oxidation sites excluding steroid dienone is 2. The highest BCUT2D eigenvalue weighted by molar-refractivity contribution is 6.30. The van der Waals surface area contributed by atoms with Crippen LogP contribution >= 0.6 is 11.6 Å². The summed E-state index contributed by atoms with van der Waals surface area (Å²) < 4.78 is 0. The standard InChI is InChI=1S/C17H19ClN2O2/c1-10-3-4-11(2)15(7-10)19-9-20-16(21)13-6-5-12(18)8-14(13)17(20)22/h3-5,7,13-14,19H,6,8-9H2,1-2H3/t13-,14-/m0/s1. The summed E-state index contributed by atoms with van der Waals surface area (Å²) >= 11 is 6.02. The highest BCUT2D eigenvalue weighted by Gasteiger charge is 2.48. The molecule has 1 heterocycles. The summed E-state index contributed by atoms with van der Waals surface area (Å²) in [6.45, 7) is 4.23. The number of nitrogens with one attached hydrogen (secondary N) is 1. The average molecular weight is 319 g/mol. The minimum absolute atomic E-state index is 0.0896. The Bertz CT molecular complexity index is 669. The van der Waals surface area contributed by atoms with Gasteiger partial charge in [-0.2, -0.15) is 0 Å². The molecule has 2 amide bonds. The number of hydrogen-bond acceptors (Lipinski definition) is 3. The first-order valence-electron chi connectivity index (χ1n) is 7.48. The van der Waals surface area contributed by atoms with Gasteiger partial charge >= 0.3 is 0 Å². The van der Waals surface area contributed by atoms with Crippen LogP contribution in [0.4, 0.5) is 5.69 Å². The van der Waals surface area contributed by atoms with Gasteiger partial charge in [-0.05, 0) is 43.9 Å². The van der Waals surface area contributed by atoms with Gasteiger partial charge in [-0.1, -0.05) is 29.8 Å². The number of aryl methyl sites for hydroxylation is 2. The third-order valence-corrected chi connectivity index (χ3v) is 4.79. The van der Waals surface area contributed by atoms with E-state index in [1.165, 1.54) is 4.90 Å². The lowest BCUT2D eigenvalue weighted by Crippen LogP contribution is -2.35. The molecular formula is C17H19ClN2O2. The van der Waals surface area contributed by atoms with Crippen LogP contribution in [0.25, 0.3) is 0 Å². The quantitative estimate of drug-likeness (QED) is 0.871. The van der Waals surface area contributed by atoms with E-state index in [0.717, 1.165) is 16.8 Å². The molecule has 0 saturated carbocycles. The van der Waals surface area contributed by atoms with Gasteiger partial charge in [0.1, 0.15) is 0 Å². The summed E-state index contributed by atoms with van der Waals surface area (Å²) in [5.74, 6) is -0.729. The summed E-state index contributed by atoms with van der Waals surface area (Å²) in [4.78, 5) is 26.2. The van der Waals surface area contributed by atoms with Gasteiger partial charge < -0.3 is 5.32 Å². The largest absolute Gasteiger partial charge is 0.367 e. The molecule has 1 aromatic rings. The number of anilines is 1. The Hall–Kier alpha value is -1.81. The zero-order valence-corrected chi connectivity index (χ0v) is 13.5. The Morgan fingerprint density at radius 3 is 2.73 bits per heavy atom. The smallest absolute Gasteiger partial charge is 0.234 e. The number of imide groups is 1. The summed E-state index contributed by atoms with van der Waals surface area (Å²) in [6, 6.07) is 6.08. The Morgan fingerprint density at radius 2 is 1.95 bits per heavy atom. The summed E-state index contributed by atoms with van der Waals surface area (Å²) in [5, 5.41) is 3.90. The fourth-order valence-corrected chi connectivity index (χ4v) is 3.40. The van der Waals surface area contributed by atoms with E-state index in [9.17, 15) is 9.59 Å². The summed E-state index contributed by atoms with van der Waals surface area (Å²) in [7, 11) is 0. The summed E-state index contributed by atoms with van der Waals surface area (Å²) in [6.07, 6.45) is 2.90. The van der Waals surface area contributed by atoms with Crippen LogP contribution in [-0.4, -0.2) is 23.4 Å². The highest BCUT2D eigenvalue weighted by Crippen LogP contribution is 2.38. The molecule has 4 nitrogen and oxygen atoms in total. The van der Waals surface area contributed by atoms with Crippen molar-refractivity contribution in [3.8, 4) is 0 Å². The zero-order chi connectivity index (χ0) is 15.9. The van der Waals surface area contributed by atoms with Gasteiger partial charge in [-0.15, -0.1) is 0 Å². The van der Waals surface area contributed by atoms with E-state index in [1.807, 2.05) is 38.1 Å². The van der Waals surface area contributed by atoms with Crippen molar-refractivity contribution in [1.82, 2.24) is 4.90 Å². The van der Waals surface area contributed by atoms with Gasteiger partial charge in [0, 0.05) is 10.7 Å². The van der Waals surface area contributed by atoms with E-state index in [-0.39, 0.29) is 30.3 Å². The number of likely N-dealkylation sites (tertiary alicyclic amines) is 1. The van der Waals surface area contributed by atoms with Crippen LogP contribution in [0.2, 0.25) is 0 Å². The number of nitrogens with zero attached hydrogens (tertiary/aromatic N) is 1. The predicted octanol–water partition coefficient (Wildman–Crippen LogP) is 3.19. The van der Waals surface area contributed by atoms with Crippen LogP contribution in [0, 0.1) is 25.7 Å². The Kier molecular flexibility index (Phi) is 3.96. The van der Waals surface area contributed by atoms with E-state index in [2.05, 4.69) is 5.32 Å². The van der Waals surface area contributed by atoms with Gasteiger partial charge in [0.05, 0.1) is 18.5 Å². The van der Waals surface area contributed by atoms with Crippen LogP contribution < -0.4 is 5.32 Å². The van der Waals surface area contributed by atoms with Crippen LogP contribution in [-0.2, 0) is 9.59 Å². The maximum absolute atomic E-state index is 12.4. The Labute approximate surface area is 135 Å². The normalized spacial score (nSPS) is 24.3. The molecule has 116 valence electrons. The van der Waals surface area contributed by atoms with E-state index >= 15 is 0 Å². The minimum atomic E-state index is -0.287. The Morgan fingerprint density at radius 1 is 1.23 bits per heavy atom. The molecule has 1 fully saturated rings. The third kappa shape index (κ3) is 2.63. The van der Waals surface area contributed by atoms with Crippen molar-refractivity contribution in [3.63, 3.8) is 0 Å². The molecule has 0 unspecified atom stereocenters. The molecule has 0 aromatic heterocycles. The van der Waals surface area contributed by atoms with E-state index in [4.69, 9.17) is 11.6 Å². The third-order valence-electron chi connectivity index (χ3n) is 4.48. The number of amides is 2. The second kappa shape index (κ2) is 5.76. The molecular weight excluding hydrogens is 300 g/mol. The van der Waals surface area contributed by atoms with Crippen molar-refractivity contribution < 1.29 is 9.59 Å². The lowest BCUT2D eigenvalue weighted by atomic mass is 9.85. The molecule has 0 spiro atoms. The van der Waals surface area contributed by atoms with Crippen LogP contribution in [0.15, 0.2) is 29.3 Å². The van der Waals surface area contributed by atoms with Crippen LogP contribution in [0.1, 0.15) is 24.0 Å². The molecule has 0 bridgehead atoms. The van der Waals surface area contributed by atoms with Gasteiger partial charge in [0.25, 0.3) is 0 Å². The van der Waals surface area contributed by atoms with Gasteiger partial charge in [-0.3, -0.25) is 14.5 Å². The SMILES string of the molecule is Cc1ccc(C)c(NCN2C(=O)[C@H]3CC=C(Cl)C[C@@H]3C2=O)c1. The maximum Gasteiger partial charge on any atom is 0.234 e. The number of benzene rings is 1. The number of carbonyl (C=O) groups excluding carboxylic acids is 2. The van der Waals surface area contributed by atoms with Gasteiger partial charge in [0.2, 0.25) is 11.8 Å². The number of carbonyl (C=O) groups is 2. The molecule has 1 N–H and O–H groups in total. The molecule has 22 heavy (non-hydrogen) atoms. The molecule has 2 aliphatic rings. The lowest BCUT2D eigenvalue weighted by Gasteiger charge is -2.18. The molecule has 1 aromatic carbocycles. The van der Waals surface area contributed by atoms with Crippen molar-refractivity contribution in [2.75, 3.05) is 12.0 Å². The fraction of sp³-hybridized carbons (Fsp3) is 0.412. The topological polar surface area (TPSA) is 49.4 Å². The molecule has 1 saturated heterocycles. The molecule has 1 aliphatic heterocycles. The molecule has 2 atom stereocenters. The number of hydrogen-bond donors (Lipinski definition) is 1. The zero-order valence-electron chi connectivity index (χ0n) is 12.7. The van der Waals surface area contributed by atoms with Crippen molar-refractivity contribution in [3.05, 3.63) is 40.4 Å². The molecule has 0 radical (unpaired) electrons. The van der Waals surface area contributed by atoms with Gasteiger partial charge in [-0.25, -0.2) is 0 Å². The van der Waals surface area contributed by atoms with Crippen molar-refractivity contribution in [2.24, 2.45) is 11.8 Å². The first kappa shape index (κ1) is 15.1. The van der Waals surface area contributed by atoms with Crippen molar-refractivity contribution in [2.45, 2.75) is 26.7 Å². The first-order chi connectivity index (χ1) is 10.5. The van der Waals surface area contributed by atoms with E-state index in [0.29, 0.717) is 17.9 Å². The second-order valence-electron chi connectivity index (χ2n) is 6.06. The summed E-state index contributed by atoms with van der Waals surface area (Å²) in [5.41, 5.74) is 3.18.